The van der Waals surface area contributed by atoms with E-state index in [0.29, 0.717) is 17.8 Å². The second kappa shape index (κ2) is 9.94. The molecule has 2 rings (SSSR count). The van der Waals surface area contributed by atoms with Gasteiger partial charge in [-0.15, -0.1) is 0 Å². The number of guanidine groups is 1. The van der Waals surface area contributed by atoms with Gasteiger partial charge in [-0.1, -0.05) is 38.1 Å². The molecule has 24 heavy (non-hydrogen) atoms. The van der Waals surface area contributed by atoms with Crippen LogP contribution in [-0.2, 0) is 17.9 Å². The second-order valence-electron chi connectivity index (χ2n) is 6.41. The van der Waals surface area contributed by atoms with Gasteiger partial charge in [0.2, 0.25) is 0 Å². The monoisotopic (exact) mass is 349 g/mol. The van der Waals surface area contributed by atoms with Gasteiger partial charge in [-0.2, -0.15) is 11.8 Å². The van der Waals surface area contributed by atoms with Crippen LogP contribution in [0.3, 0.4) is 0 Å². The van der Waals surface area contributed by atoms with Crippen molar-refractivity contribution in [3.8, 4) is 0 Å². The van der Waals surface area contributed by atoms with Crippen molar-refractivity contribution < 1.29 is 4.74 Å². The summed E-state index contributed by atoms with van der Waals surface area (Å²) in [6.07, 6.45) is 0. The molecule has 134 valence electrons. The summed E-state index contributed by atoms with van der Waals surface area (Å²) < 4.78 is 5.58. The van der Waals surface area contributed by atoms with E-state index < -0.39 is 0 Å². The van der Waals surface area contributed by atoms with Crippen molar-refractivity contribution in [2.45, 2.75) is 39.2 Å². The molecule has 1 atom stereocenters. The van der Waals surface area contributed by atoms with E-state index >= 15 is 0 Å². The molecule has 0 bridgehead atoms. The van der Waals surface area contributed by atoms with E-state index in [4.69, 9.17) is 4.74 Å². The molecule has 0 radical (unpaired) electrons. The lowest BCUT2D eigenvalue weighted by Gasteiger charge is -2.36. The minimum absolute atomic E-state index is 0.669. The molecule has 4 nitrogen and oxygen atoms in total. The number of aliphatic imine (C=N–C) groups is 1. The molecular weight excluding hydrogens is 318 g/mol. The Morgan fingerprint density at radius 3 is 2.79 bits per heavy atom. The smallest absolute Gasteiger partial charge is 0.193 e. The Kier molecular flexibility index (Phi) is 7.92. The summed E-state index contributed by atoms with van der Waals surface area (Å²) in [5, 5.41) is 4.23. The third-order valence-corrected chi connectivity index (χ3v) is 5.91. The molecule has 0 aromatic heterocycles. The number of rotatable bonds is 6. The first-order chi connectivity index (χ1) is 11.7. The zero-order chi connectivity index (χ0) is 17.4. The number of hydrogen-bond acceptors (Lipinski definition) is 3. The third-order valence-electron chi connectivity index (χ3n) is 4.37. The maximum Gasteiger partial charge on any atom is 0.193 e. The molecule has 1 aromatic carbocycles. The molecule has 1 saturated heterocycles. The fourth-order valence-electron chi connectivity index (χ4n) is 2.86. The van der Waals surface area contributed by atoms with Gasteiger partial charge in [0.05, 0.1) is 6.61 Å². The van der Waals surface area contributed by atoms with Gasteiger partial charge in [-0.3, -0.25) is 4.99 Å². The minimum Gasteiger partial charge on any atom is -0.377 e. The molecule has 5 heteroatoms. The Bertz CT molecular complexity index is 533. The molecule has 1 aliphatic rings. The normalized spacial score (nSPS) is 19.0. The fraction of sp³-hybridized carbons (Fsp3) is 0.632. The van der Waals surface area contributed by atoms with E-state index in [9.17, 15) is 0 Å². The second-order valence-corrected chi connectivity index (χ2v) is 7.75. The summed E-state index contributed by atoms with van der Waals surface area (Å²) in [5.74, 6) is 2.87. The molecule has 1 aromatic rings. The van der Waals surface area contributed by atoms with Crippen molar-refractivity contribution in [3.05, 3.63) is 35.4 Å². The third kappa shape index (κ3) is 5.42. The first kappa shape index (κ1) is 19.1. The number of nitrogens with zero attached hydrogens (tertiary/aromatic N) is 2. The van der Waals surface area contributed by atoms with Crippen LogP contribution < -0.4 is 5.32 Å². The lowest BCUT2D eigenvalue weighted by atomic mass is 10.1. The van der Waals surface area contributed by atoms with Crippen molar-refractivity contribution in [3.63, 3.8) is 0 Å². The molecule has 1 fully saturated rings. The average molecular weight is 350 g/mol. The van der Waals surface area contributed by atoms with Crippen LogP contribution in [0.5, 0.6) is 0 Å². The molecule has 1 unspecified atom stereocenters. The number of benzene rings is 1. The zero-order valence-corrected chi connectivity index (χ0v) is 16.2. The van der Waals surface area contributed by atoms with Gasteiger partial charge in [-0.25, -0.2) is 0 Å². The van der Waals surface area contributed by atoms with Gasteiger partial charge in [0, 0.05) is 44.3 Å². The standard InChI is InChI=1S/C19H31N3OS/c1-5-23-14-17-9-7-6-8-16(17)12-21-19(20-4)22-10-11-24-18(13-22)15(2)3/h6-9,15,18H,5,10-14H2,1-4H3,(H,20,21). The van der Waals surface area contributed by atoms with Gasteiger partial charge in [0.1, 0.15) is 0 Å². The van der Waals surface area contributed by atoms with Crippen molar-refractivity contribution in [1.82, 2.24) is 10.2 Å². The van der Waals surface area contributed by atoms with E-state index in [-0.39, 0.29) is 0 Å². The summed E-state index contributed by atoms with van der Waals surface area (Å²) in [6, 6.07) is 8.46. The Labute approximate surface area is 151 Å². The quantitative estimate of drug-likeness (QED) is 0.631. The van der Waals surface area contributed by atoms with E-state index in [1.165, 1.54) is 16.9 Å². The molecule has 0 aliphatic carbocycles. The number of hydrogen-bond donors (Lipinski definition) is 1. The van der Waals surface area contributed by atoms with E-state index in [1.807, 2.05) is 14.0 Å². The SMILES string of the molecule is CCOCc1ccccc1CNC(=NC)N1CCSC(C(C)C)C1. The number of nitrogens with one attached hydrogen (secondary N) is 1. The first-order valence-corrected chi connectivity index (χ1v) is 9.92. The number of thioether (sulfide) groups is 1. The van der Waals surface area contributed by atoms with E-state index in [2.05, 4.69) is 65.1 Å². The van der Waals surface area contributed by atoms with Gasteiger partial charge in [0.15, 0.2) is 5.96 Å². The topological polar surface area (TPSA) is 36.9 Å². The zero-order valence-electron chi connectivity index (χ0n) is 15.4. The fourth-order valence-corrected chi connectivity index (χ4v) is 4.16. The van der Waals surface area contributed by atoms with Crippen molar-refractivity contribution in [2.75, 3.05) is 32.5 Å². The highest BCUT2D eigenvalue weighted by atomic mass is 32.2. The van der Waals surface area contributed by atoms with Crippen LogP contribution in [0.2, 0.25) is 0 Å². The van der Waals surface area contributed by atoms with Gasteiger partial charge < -0.3 is 15.0 Å². The molecular formula is C19H31N3OS. The predicted molar refractivity (Wildman–Crippen MR) is 105 cm³/mol. The number of ether oxygens (including phenoxy) is 1. The Morgan fingerprint density at radius 2 is 2.12 bits per heavy atom. The average Bonchev–Trinajstić information content (AvgIpc) is 2.61. The summed E-state index contributed by atoms with van der Waals surface area (Å²) in [4.78, 5) is 6.90. The van der Waals surface area contributed by atoms with Crippen LogP contribution in [0.4, 0.5) is 0 Å². The maximum absolute atomic E-state index is 5.58. The van der Waals surface area contributed by atoms with Crippen LogP contribution in [0.25, 0.3) is 0 Å². The highest BCUT2D eigenvalue weighted by Gasteiger charge is 2.24. The Hall–Kier alpha value is -1.20. The van der Waals surface area contributed by atoms with Crippen LogP contribution in [0.15, 0.2) is 29.3 Å². The Morgan fingerprint density at radius 1 is 1.38 bits per heavy atom. The van der Waals surface area contributed by atoms with E-state index in [0.717, 1.165) is 32.2 Å². The molecule has 1 aliphatic heterocycles. The predicted octanol–water partition coefficient (Wildman–Crippen LogP) is 3.37. The molecule has 0 spiro atoms. The summed E-state index contributed by atoms with van der Waals surface area (Å²) in [6.45, 7) is 11.0. The summed E-state index contributed by atoms with van der Waals surface area (Å²) >= 11 is 2.09. The largest absolute Gasteiger partial charge is 0.377 e. The van der Waals surface area contributed by atoms with Gasteiger partial charge in [-0.05, 0) is 24.0 Å². The molecule has 0 amide bonds. The van der Waals surface area contributed by atoms with Crippen LogP contribution >= 0.6 is 11.8 Å². The highest BCUT2D eigenvalue weighted by Crippen LogP contribution is 2.24. The molecule has 1 N–H and O–H groups in total. The minimum atomic E-state index is 0.669. The van der Waals surface area contributed by atoms with Gasteiger partial charge >= 0.3 is 0 Å². The molecule has 0 saturated carbocycles. The van der Waals surface area contributed by atoms with Crippen molar-refractivity contribution in [1.29, 1.82) is 0 Å². The van der Waals surface area contributed by atoms with Gasteiger partial charge in [0.25, 0.3) is 0 Å². The first-order valence-electron chi connectivity index (χ1n) is 8.87. The summed E-state index contributed by atoms with van der Waals surface area (Å²) in [5.41, 5.74) is 2.52. The van der Waals surface area contributed by atoms with E-state index in [1.54, 1.807) is 0 Å². The van der Waals surface area contributed by atoms with Crippen molar-refractivity contribution >= 4 is 17.7 Å². The lowest BCUT2D eigenvalue weighted by molar-refractivity contribution is 0.133. The Balaban J connectivity index is 1.97. The van der Waals surface area contributed by atoms with Crippen LogP contribution in [0, 0.1) is 5.92 Å². The lowest BCUT2D eigenvalue weighted by Crippen LogP contribution is -2.48. The van der Waals surface area contributed by atoms with Crippen LogP contribution in [0.1, 0.15) is 31.9 Å². The maximum atomic E-state index is 5.58. The van der Waals surface area contributed by atoms with Crippen molar-refractivity contribution in [2.24, 2.45) is 10.9 Å². The highest BCUT2D eigenvalue weighted by molar-refractivity contribution is 8.00. The summed E-state index contributed by atoms with van der Waals surface area (Å²) in [7, 11) is 1.88. The molecule has 1 heterocycles. The van der Waals surface area contributed by atoms with Crippen LogP contribution in [-0.4, -0.2) is 48.6 Å².